The Morgan fingerprint density at radius 2 is 1.22 bits per heavy atom. The molecule has 0 aliphatic heterocycles. The monoisotopic (exact) mass is 622 g/mol. The van der Waals surface area contributed by atoms with Crippen LogP contribution in [0.4, 0.5) is 0 Å². The summed E-state index contributed by atoms with van der Waals surface area (Å²) in [5.74, 6) is 0. The zero-order valence-electron chi connectivity index (χ0n) is 8.58. The summed E-state index contributed by atoms with van der Waals surface area (Å²) in [5.41, 5.74) is 2.22. The highest BCUT2D eigenvalue weighted by Crippen LogP contribution is 2.44. The molecule has 0 bridgehead atoms. The summed E-state index contributed by atoms with van der Waals surface area (Å²) < 4.78 is 6.08. The first kappa shape index (κ1) is 15.7. The molecule has 0 saturated heterocycles. The number of hydrogen-bond acceptors (Lipinski definition) is 0. The molecule has 18 heavy (non-hydrogen) atoms. The molecule has 0 amide bonds. The Balaban J connectivity index is 2.75. The summed E-state index contributed by atoms with van der Waals surface area (Å²) in [4.78, 5) is 0. The van der Waals surface area contributed by atoms with Crippen LogP contribution < -0.4 is 0 Å². The second-order valence-electron chi connectivity index (χ2n) is 3.47. The van der Waals surface area contributed by atoms with E-state index in [9.17, 15) is 0 Å². The first-order valence-corrected chi connectivity index (χ1v) is 9.46. The van der Waals surface area contributed by atoms with Crippen molar-refractivity contribution in [2.45, 2.75) is 0 Å². The van der Waals surface area contributed by atoms with E-state index < -0.39 is 0 Å². The van der Waals surface area contributed by atoms with Crippen LogP contribution in [0.15, 0.2) is 51.1 Å². The minimum absolute atomic E-state index is 0.985. The first-order valence-electron chi connectivity index (χ1n) is 4.70. The molecular weight excluding hydrogens is 624 g/mol. The van der Waals surface area contributed by atoms with Crippen LogP contribution in [0.5, 0.6) is 0 Å². The average molecular weight is 628 g/mol. The minimum Gasteiger partial charge on any atom is -0.0508 e. The van der Waals surface area contributed by atoms with Gasteiger partial charge in [-0.1, -0.05) is 31.9 Å². The fraction of sp³-hybridized carbons (Fsp3) is 0. The molecule has 2 aromatic rings. The van der Waals surface area contributed by atoms with Crippen LogP contribution >= 0.6 is 95.6 Å². The van der Waals surface area contributed by atoms with E-state index in [1.165, 1.54) is 0 Å². The SMILES string of the molecule is Brc1ccc(Br)c(-c2cc(Br)c(Br)c(Br)c2Br)c1. The smallest absolute Gasteiger partial charge is 0.0477 e. The Morgan fingerprint density at radius 1 is 0.556 bits per heavy atom. The highest BCUT2D eigenvalue weighted by molar-refractivity contribution is 9.15. The summed E-state index contributed by atoms with van der Waals surface area (Å²) >= 11 is 21.4. The predicted octanol–water partition coefficient (Wildman–Crippen LogP) is 7.93. The van der Waals surface area contributed by atoms with Gasteiger partial charge in [-0.25, -0.2) is 0 Å². The lowest BCUT2D eigenvalue weighted by molar-refractivity contribution is 1.46. The van der Waals surface area contributed by atoms with Crippen molar-refractivity contribution in [1.29, 1.82) is 0 Å². The molecule has 94 valence electrons. The lowest BCUT2D eigenvalue weighted by Gasteiger charge is -2.12. The van der Waals surface area contributed by atoms with Crippen molar-refractivity contribution in [3.8, 4) is 11.1 Å². The third kappa shape index (κ3) is 3.14. The minimum atomic E-state index is 0.985. The molecule has 0 nitrogen and oxygen atoms in total. The zero-order chi connectivity index (χ0) is 13.4. The fourth-order valence-corrected chi connectivity index (χ4v) is 4.52. The number of hydrogen-bond donors (Lipinski definition) is 0. The van der Waals surface area contributed by atoms with Crippen molar-refractivity contribution >= 4 is 95.6 Å². The maximum atomic E-state index is 3.63. The molecule has 0 aliphatic carbocycles. The van der Waals surface area contributed by atoms with E-state index in [4.69, 9.17) is 0 Å². The Labute approximate surface area is 156 Å². The molecule has 0 aliphatic rings. The topological polar surface area (TPSA) is 0 Å². The van der Waals surface area contributed by atoms with E-state index >= 15 is 0 Å². The lowest BCUT2D eigenvalue weighted by atomic mass is 10.1. The summed E-state index contributed by atoms with van der Waals surface area (Å²) in [5, 5.41) is 0. The van der Waals surface area contributed by atoms with Crippen molar-refractivity contribution < 1.29 is 0 Å². The molecule has 2 rings (SSSR count). The molecule has 0 spiro atoms. The van der Waals surface area contributed by atoms with Crippen LogP contribution in [0, 0.1) is 0 Å². The third-order valence-electron chi connectivity index (χ3n) is 2.32. The van der Waals surface area contributed by atoms with Crippen LogP contribution in [0.3, 0.4) is 0 Å². The Bertz CT molecular complexity index is 620. The summed E-state index contributed by atoms with van der Waals surface area (Å²) in [6.07, 6.45) is 0. The van der Waals surface area contributed by atoms with Gasteiger partial charge in [-0.05, 0) is 99.1 Å². The van der Waals surface area contributed by atoms with Crippen molar-refractivity contribution in [2.24, 2.45) is 0 Å². The van der Waals surface area contributed by atoms with Crippen molar-refractivity contribution in [1.82, 2.24) is 0 Å². The van der Waals surface area contributed by atoms with E-state index in [2.05, 4.69) is 108 Å². The number of halogens is 6. The molecule has 0 N–H and O–H groups in total. The second-order valence-corrected chi connectivity index (χ2v) is 8.48. The van der Waals surface area contributed by atoms with Crippen LogP contribution in [0.25, 0.3) is 11.1 Å². The Kier molecular flexibility index (Phi) is 5.58. The van der Waals surface area contributed by atoms with Gasteiger partial charge in [-0.15, -0.1) is 0 Å². The molecule has 0 unspecified atom stereocenters. The quantitative estimate of drug-likeness (QED) is 0.223. The predicted molar refractivity (Wildman–Crippen MR) is 98.1 cm³/mol. The second kappa shape index (κ2) is 6.39. The largest absolute Gasteiger partial charge is 0.0508 e. The van der Waals surface area contributed by atoms with Crippen molar-refractivity contribution in [2.75, 3.05) is 0 Å². The highest BCUT2D eigenvalue weighted by atomic mass is 79.9. The highest BCUT2D eigenvalue weighted by Gasteiger charge is 2.15. The van der Waals surface area contributed by atoms with Gasteiger partial charge in [-0.3, -0.25) is 0 Å². The summed E-state index contributed by atoms with van der Waals surface area (Å²) in [6.45, 7) is 0. The van der Waals surface area contributed by atoms with Gasteiger partial charge in [0.1, 0.15) is 0 Å². The van der Waals surface area contributed by atoms with Gasteiger partial charge in [0.05, 0.1) is 0 Å². The lowest BCUT2D eigenvalue weighted by Crippen LogP contribution is -1.86. The van der Waals surface area contributed by atoms with Gasteiger partial charge in [0.15, 0.2) is 0 Å². The van der Waals surface area contributed by atoms with Crippen LogP contribution in [0.1, 0.15) is 0 Å². The van der Waals surface area contributed by atoms with Gasteiger partial charge in [0.25, 0.3) is 0 Å². The first-order chi connectivity index (χ1) is 8.41. The van der Waals surface area contributed by atoms with E-state index in [1.807, 2.05) is 12.1 Å². The number of benzene rings is 2. The molecular formula is C12H4Br6. The summed E-state index contributed by atoms with van der Waals surface area (Å²) in [7, 11) is 0. The van der Waals surface area contributed by atoms with Crippen molar-refractivity contribution in [3.63, 3.8) is 0 Å². The fourth-order valence-electron chi connectivity index (χ4n) is 1.47. The molecule has 0 heterocycles. The van der Waals surface area contributed by atoms with E-state index in [1.54, 1.807) is 0 Å². The van der Waals surface area contributed by atoms with E-state index in [-0.39, 0.29) is 0 Å². The summed E-state index contributed by atoms with van der Waals surface area (Å²) in [6, 6.07) is 8.18. The van der Waals surface area contributed by atoms with Gasteiger partial charge >= 0.3 is 0 Å². The molecule has 6 heteroatoms. The molecule has 0 saturated carbocycles. The Hall–Kier alpha value is 1.32. The third-order valence-corrected chi connectivity index (χ3v) is 8.17. The standard InChI is InChI=1S/C12H4Br6/c13-5-1-2-8(14)6(3-5)7-4-9(15)11(17)12(18)10(7)16/h1-4H. The maximum absolute atomic E-state index is 3.63. The molecule has 0 atom stereocenters. The van der Waals surface area contributed by atoms with Gasteiger partial charge in [0.2, 0.25) is 0 Å². The normalized spacial score (nSPS) is 10.8. The van der Waals surface area contributed by atoms with Crippen molar-refractivity contribution in [3.05, 3.63) is 51.1 Å². The van der Waals surface area contributed by atoms with E-state index in [0.717, 1.165) is 38.0 Å². The van der Waals surface area contributed by atoms with Crippen LogP contribution in [-0.2, 0) is 0 Å². The van der Waals surface area contributed by atoms with Gasteiger partial charge in [-0.2, -0.15) is 0 Å². The molecule has 0 radical (unpaired) electrons. The molecule has 0 aromatic heterocycles. The number of rotatable bonds is 1. The van der Waals surface area contributed by atoms with E-state index in [0.29, 0.717) is 0 Å². The maximum Gasteiger partial charge on any atom is 0.0477 e. The molecule has 0 fully saturated rings. The van der Waals surface area contributed by atoms with Crippen LogP contribution in [-0.4, -0.2) is 0 Å². The van der Waals surface area contributed by atoms with Crippen LogP contribution in [0.2, 0.25) is 0 Å². The Morgan fingerprint density at radius 3 is 1.89 bits per heavy atom. The molecule has 2 aromatic carbocycles. The average Bonchev–Trinajstić information content (AvgIpc) is 2.34. The zero-order valence-corrected chi connectivity index (χ0v) is 18.1. The van der Waals surface area contributed by atoms with Gasteiger partial charge < -0.3 is 0 Å². The van der Waals surface area contributed by atoms with Gasteiger partial charge in [0, 0.05) is 26.8 Å².